The zero-order valence-corrected chi connectivity index (χ0v) is 13.9. The summed E-state index contributed by atoms with van der Waals surface area (Å²) in [6.45, 7) is 5.86. The highest BCUT2D eigenvalue weighted by Crippen LogP contribution is 2.36. The van der Waals surface area contributed by atoms with Crippen LogP contribution in [0.3, 0.4) is 0 Å². The Balaban J connectivity index is 1.77. The molecule has 1 aliphatic carbocycles. The van der Waals surface area contributed by atoms with Crippen LogP contribution in [0.2, 0.25) is 0 Å². The molecule has 0 radical (unpaired) electrons. The molecule has 0 spiro atoms. The molecule has 0 aromatic carbocycles. The van der Waals surface area contributed by atoms with Crippen molar-refractivity contribution in [1.82, 2.24) is 15.5 Å². The van der Waals surface area contributed by atoms with Crippen LogP contribution in [0.4, 0.5) is 18.0 Å². The number of hydrogen-bond acceptors (Lipinski definition) is 5. The Bertz CT molecular complexity index is 558. The number of aromatic nitrogens is 2. The predicted molar refractivity (Wildman–Crippen MR) is 78.2 cm³/mol. The van der Waals surface area contributed by atoms with Crippen molar-refractivity contribution in [1.29, 1.82) is 0 Å². The second-order valence-electron chi connectivity index (χ2n) is 7.06. The summed E-state index contributed by atoms with van der Waals surface area (Å²) in [5.41, 5.74) is -0.545. The number of ether oxygens (including phenoxy) is 1. The van der Waals surface area contributed by atoms with Crippen LogP contribution < -0.4 is 5.32 Å². The molecule has 1 heterocycles. The molecule has 0 aliphatic heterocycles. The maximum atomic E-state index is 12.5. The van der Waals surface area contributed by atoms with Gasteiger partial charge in [0, 0.05) is 12.5 Å². The van der Waals surface area contributed by atoms with Crippen LogP contribution in [0.1, 0.15) is 64.1 Å². The number of amides is 1. The fraction of sp³-hybridized carbons (Fsp3) is 0.800. The van der Waals surface area contributed by atoms with Crippen molar-refractivity contribution in [2.75, 3.05) is 6.54 Å². The lowest BCUT2D eigenvalue weighted by atomic mass is 9.81. The average Bonchev–Trinajstić information content (AvgIpc) is 2.93. The summed E-state index contributed by atoms with van der Waals surface area (Å²) in [5.74, 6) is -1.06. The third kappa shape index (κ3) is 5.38. The molecular formula is C15H22F3N3O3. The number of halogens is 3. The van der Waals surface area contributed by atoms with E-state index < -0.39 is 23.8 Å². The van der Waals surface area contributed by atoms with Gasteiger partial charge in [0.15, 0.2) is 5.82 Å². The summed E-state index contributed by atoms with van der Waals surface area (Å²) in [7, 11) is 0. The van der Waals surface area contributed by atoms with E-state index in [0.29, 0.717) is 19.4 Å². The van der Waals surface area contributed by atoms with Gasteiger partial charge < -0.3 is 14.6 Å². The molecule has 1 N–H and O–H groups in total. The van der Waals surface area contributed by atoms with E-state index in [-0.39, 0.29) is 17.7 Å². The van der Waals surface area contributed by atoms with Gasteiger partial charge in [0.25, 0.3) is 0 Å². The Hall–Kier alpha value is -1.80. The molecule has 1 fully saturated rings. The van der Waals surface area contributed by atoms with Gasteiger partial charge in [-0.1, -0.05) is 5.16 Å². The largest absolute Gasteiger partial charge is 0.471 e. The van der Waals surface area contributed by atoms with Gasteiger partial charge in [-0.15, -0.1) is 0 Å². The van der Waals surface area contributed by atoms with Crippen molar-refractivity contribution in [2.24, 2.45) is 5.92 Å². The Morgan fingerprint density at radius 1 is 1.25 bits per heavy atom. The van der Waals surface area contributed by atoms with E-state index in [4.69, 9.17) is 4.74 Å². The van der Waals surface area contributed by atoms with Crippen LogP contribution >= 0.6 is 0 Å². The first-order chi connectivity index (χ1) is 11.0. The molecule has 1 aliphatic rings. The quantitative estimate of drug-likeness (QED) is 0.896. The predicted octanol–water partition coefficient (Wildman–Crippen LogP) is 3.89. The third-order valence-electron chi connectivity index (χ3n) is 3.83. The lowest BCUT2D eigenvalue weighted by Gasteiger charge is -2.27. The fourth-order valence-corrected chi connectivity index (χ4v) is 2.68. The van der Waals surface area contributed by atoms with E-state index in [0.717, 1.165) is 12.8 Å². The summed E-state index contributed by atoms with van der Waals surface area (Å²) >= 11 is 0. The highest BCUT2D eigenvalue weighted by atomic mass is 19.4. The second-order valence-corrected chi connectivity index (χ2v) is 7.06. The Kier molecular flexibility index (Phi) is 5.39. The molecule has 1 aromatic rings. The molecule has 1 aromatic heterocycles. The zero-order chi connectivity index (χ0) is 18.0. The van der Waals surface area contributed by atoms with Gasteiger partial charge in [-0.3, -0.25) is 0 Å². The van der Waals surface area contributed by atoms with Gasteiger partial charge in [-0.2, -0.15) is 18.2 Å². The van der Waals surface area contributed by atoms with E-state index in [9.17, 15) is 18.0 Å². The lowest BCUT2D eigenvalue weighted by molar-refractivity contribution is -0.159. The van der Waals surface area contributed by atoms with E-state index in [1.54, 1.807) is 20.8 Å². The first kappa shape index (κ1) is 18.5. The Labute approximate surface area is 138 Å². The van der Waals surface area contributed by atoms with Crippen molar-refractivity contribution in [3.05, 3.63) is 11.7 Å². The molecule has 0 atom stereocenters. The highest BCUT2D eigenvalue weighted by molar-refractivity contribution is 5.67. The monoisotopic (exact) mass is 349 g/mol. The number of carbonyl (C=O) groups excluding carboxylic acids is 1. The minimum atomic E-state index is -4.61. The van der Waals surface area contributed by atoms with Crippen LogP contribution in [0.25, 0.3) is 0 Å². The molecule has 0 saturated heterocycles. The molecule has 0 unspecified atom stereocenters. The maximum Gasteiger partial charge on any atom is 0.471 e. The number of hydrogen-bond donors (Lipinski definition) is 1. The minimum absolute atomic E-state index is 0.112. The molecule has 2 rings (SSSR count). The topological polar surface area (TPSA) is 77.2 Å². The van der Waals surface area contributed by atoms with Crippen molar-refractivity contribution in [2.45, 2.75) is 64.1 Å². The van der Waals surface area contributed by atoms with Gasteiger partial charge in [0.1, 0.15) is 5.60 Å². The number of rotatable bonds is 3. The van der Waals surface area contributed by atoms with Crippen LogP contribution in [0.5, 0.6) is 0 Å². The van der Waals surface area contributed by atoms with Crippen LogP contribution in [-0.4, -0.2) is 28.4 Å². The standard InChI is InChI=1S/C15H22F3N3O3/c1-14(2,3)23-13(22)19-8-9-4-6-10(7-5-9)11-20-12(24-21-11)15(16,17)18/h9-10H,4-8H2,1-3H3,(H,19,22). The number of alkyl carbamates (subject to hydrolysis) is 1. The van der Waals surface area contributed by atoms with Crippen molar-refractivity contribution in [3.63, 3.8) is 0 Å². The van der Waals surface area contributed by atoms with E-state index in [1.807, 2.05) is 0 Å². The summed E-state index contributed by atoms with van der Waals surface area (Å²) in [6, 6.07) is 0. The first-order valence-electron chi connectivity index (χ1n) is 7.92. The lowest BCUT2D eigenvalue weighted by Crippen LogP contribution is -2.36. The van der Waals surface area contributed by atoms with Crippen LogP contribution in [0.15, 0.2) is 4.52 Å². The molecule has 6 nitrogen and oxygen atoms in total. The van der Waals surface area contributed by atoms with Gasteiger partial charge in [0.2, 0.25) is 0 Å². The second kappa shape index (κ2) is 6.98. The molecule has 9 heteroatoms. The highest BCUT2D eigenvalue weighted by Gasteiger charge is 2.39. The summed E-state index contributed by atoms with van der Waals surface area (Å²) in [5, 5.41) is 6.18. The molecule has 0 bridgehead atoms. The molecule has 1 saturated carbocycles. The fourth-order valence-electron chi connectivity index (χ4n) is 2.68. The molecule has 136 valence electrons. The van der Waals surface area contributed by atoms with Gasteiger partial charge in [0.05, 0.1) is 0 Å². The van der Waals surface area contributed by atoms with Gasteiger partial charge >= 0.3 is 18.2 Å². The SMILES string of the molecule is CC(C)(C)OC(=O)NCC1CCC(c2noc(C(F)(F)F)n2)CC1. The van der Waals surface area contributed by atoms with Crippen LogP contribution in [0, 0.1) is 5.92 Å². The Morgan fingerprint density at radius 3 is 2.38 bits per heavy atom. The van der Waals surface area contributed by atoms with E-state index in [2.05, 4.69) is 20.0 Å². The number of carbonyl (C=O) groups is 1. The average molecular weight is 349 g/mol. The number of nitrogens with zero attached hydrogens (tertiary/aromatic N) is 2. The summed E-state index contributed by atoms with van der Waals surface area (Å²) < 4.78 is 46.9. The Morgan fingerprint density at radius 2 is 1.88 bits per heavy atom. The van der Waals surface area contributed by atoms with Crippen molar-refractivity contribution in [3.8, 4) is 0 Å². The van der Waals surface area contributed by atoms with Gasteiger partial charge in [-0.05, 0) is 52.4 Å². The molecular weight excluding hydrogens is 327 g/mol. The smallest absolute Gasteiger partial charge is 0.444 e. The van der Waals surface area contributed by atoms with Crippen molar-refractivity contribution < 1.29 is 27.2 Å². The normalized spacial score (nSPS) is 22.2. The minimum Gasteiger partial charge on any atom is -0.444 e. The third-order valence-corrected chi connectivity index (χ3v) is 3.83. The van der Waals surface area contributed by atoms with Gasteiger partial charge in [-0.25, -0.2) is 4.79 Å². The molecule has 1 amide bonds. The number of nitrogens with one attached hydrogen (secondary N) is 1. The van der Waals surface area contributed by atoms with Crippen molar-refractivity contribution >= 4 is 6.09 Å². The number of alkyl halides is 3. The van der Waals surface area contributed by atoms with E-state index >= 15 is 0 Å². The first-order valence-corrected chi connectivity index (χ1v) is 7.92. The maximum absolute atomic E-state index is 12.5. The summed E-state index contributed by atoms with van der Waals surface area (Å²) in [4.78, 5) is 15.1. The van der Waals surface area contributed by atoms with E-state index in [1.165, 1.54) is 0 Å². The summed E-state index contributed by atoms with van der Waals surface area (Å²) in [6.07, 6.45) is -2.20. The zero-order valence-electron chi connectivity index (χ0n) is 13.9. The van der Waals surface area contributed by atoms with Crippen LogP contribution in [-0.2, 0) is 10.9 Å². The molecule has 24 heavy (non-hydrogen) atoms.